The molecular formula is C38H34CoO14S2. The third kappa shape index (κ3) is 9.74. The molecule has 0 atom stereocenters. The molecule has 0 amide bonds. The van der Waals surface area contributed by atoms with E-state index in [-0.39, 0.29) is 74.6 Å². The fourth-order valence-electron chi connectivity index (χ4n) is 5.42. The number of rotatable bonds is 12. The average molecular weight is 838 g/mol. The predicted octanol–water partition coefficient (Wildman–Crippen LogP) is 6.32. The number of ether oxygens (including phenoxy) is 4. The van der Waals surface area contributed by atoms with Crippen molar-refractivity contribution in [1.82, 2.24) is 0 Å². The molecule has 0 saturated carbocycles. The minimum Gasteiger partial charge on any atom is -0.744 e. The van der Waals surface area contributed by atoms with Crippen molar-refractivity contribution < 1.29 is 70.5 Å². The van der Waals surface area contributed by atoms with Crippen molar-refractivity contribution in [2.75, 3.05) is 26.4 Å². The normalized spacial score (nSPS) is 11.3. The number of fused-ring (bicyclic) bond motifs is 2. The van der Waals surface area contributed by atoms with Gasteiger partial charge in [0.25, 0.3) is 0 Å². The van der Waals surface area contributed by atoms with Gasteiger partial charge >= 0.3 is 16.8 Å². The number of hydrogen-bond acceptors (Lipinski definition) is 14. The maximum Gasteiger partial charge on any atom is 2.00 e. The Bertz CT molecular complexity index is 2480. The van der Waals surface area contributed by atoms with E-state index in [1.54, 1.807) is 50.2 Å². The van der Waals surface area contributed by atoms with Crippen LogP contribution in [0.15, 0.2) is 114 Å². The van der Waals surface area contributed by atoms with Gasteiger partial charge in [0.2, 0.25) is 0 Å². The Morgan fingerprint density at radius 1 is 0.527 bits per heavy atom. The Balaban J connectivity index is 0.000000240. The smallest absolute Gasteiger partial charge is 0.744 e. The molecule has 0 aliphatic carbocycles. The van der Waals surface area contributed by atoms with Crippen molar-refractivity contribution in [2.24, 2.45) is 0 Å². The van der Waals surface area contributed by atoms with E-state index < -0.39 is 30.0 Å². The SMILES string of the molecule is CCOc1ccc2c(=O)c(-c3ccc(OCC)c(S(=O)(=O)[O-])c3)coc2c1.CCOc1ccc2c(=O)c(-c3ccc(OCC)c(S(=O)(=O)[O-])c3)coc2c1.[Co+2]. The van der Waals surface area contributed by atoms with Gasteiger partial charge in [-0.2, -0.15) is 0 Å². The molecule has 6 rings (SSSR count). The van der Waals surface area contributed by atoms with Crippen molar-refractivity contribution in [2.45, 2.75) is 37.5 Å². The minimum absolute atomic E-state index is 0. The molecule has 0 N–H and O–H groups in total. The van der Waals surface area contributed by atoms with Crippen LogP contribution >= 0.6 is 0 Å². The van der Waals surface area contributed by atoms with Crippen LogP contribution in [-0.2, 0) is 37.0 Å². The zero-order valence-electron chi connectivity index (χ0n) is 29.8. The first kappa shape index (κ1) is 42.6. The van der Waals surface area contributed by atoms with E-state index in [2.05, 4.69) is 0 Å². The summed E-state index contributed by atoms with van der Waals surface area (Å²) >= 11 is 0. The van der Waals surface area contributed by atoms with Crippen molar-refractivity contribution in [3.63, 3.8) is 0 Å². The molecular weight excluding hydrogens is 803 g/mol. The first-order valence-corrected chi connectivity index (χ1v) is 19.3. The monoisotopic (exact) mass is 837 g/mol. The molecule has 2 aromatic heterocycles. The molecule has 0 aliphatic heterocycles. The Labute approximate surface area is 326 Å². The van der Waals surface area contributed by atoms with Gasteiger partial charge in [0.1, 0.15) is 66.9 Å². The average Bonchev–Trinajstić information content (AvgIpc) is 3.12. The fraction of sp³-hybridized carbons (Fsp3) is 0.211. The summed E-state index contributed by atoms with van der Waals surface area (Å²) in [6.45, 7) is 8.38. The van der Waals surface area contributed by atoms with Crippen LogP contribution in [0.3, 0.4) is 0 Å². The standard InChI is InChI=1S/2C19H18O7S.Co/c2*1-3-24-13-6-7-14-17(10-13)26-11-15(19(14)20)12-5-8-16(25-4-2)18(9-12)27(21,22)23;/h2*5-11H,3-4H2,1-2H3,(H,21,22,23);/q;;+2/p-2. The number of hydrogen-bond donors (Lipinski definition) is 0. The van der Waals surface area contributed by atoms with E-state index >= 15 is 0 Å². The van der Waals surface area contributed by atoms with E-state index in [4.69, 9.17) is 27.8 Å². The molecule has 0 fully saturated rings. The second-order valence-electron chi connectivity index (χ2n) is 11.2. The Morgan fingerprint density at radius 2 is 0.891 bits per heavy atom. The molecule has 1 radical (unpaired) electrons. The van der Waals surface area contributed by atoms with Gasteiger partial charge in [-0.25, -0.2) is 16.8 Å². The molecule has 0 bridgehead atoms. The summed E-state index contributed by atoms with van der Waals surface area (Å²) in [5, 5.41) is 0.632. The first-order chi connectivity index (χ1) is 25.7. The Hall–Kier alpha value is -5.17. The van der Waals surface area contributed by atoms with Gasteiger partial charge in [0.15, 0.2) is 10.9 Å². The summed E-state index contributed by atoms with van der Waals surface area (Å²) in [5.74, 6) is 1.04. The fourth-order valence-corrected chi connectivity index (χ4v) is 6.71. The van der Waals surface area contributed by atoms with Gasteiger partial charge in [-0.05, 0) is 87.4 Å². The van der Waals surface area contributed by atoms with Crippen molar-refractivity contribution in [3.05, 3.63) is 106 Å². The van der Waals surface area contributed by atoms with Crippen LogP contribution < -0.4 is 29.8 Å². The molecule has 0 saturated heterocycles. The molecule has 0 unspecified atom stereocenters. The first-order valence-electron chi connectivity index (χ1n) is 16.5. The Morgan fingerprint density at radius 3 is 1.22 bits per heavy atom. The zero-order chi connectivity index (χ0) is 39.2. The van der Waals surface area contributed by atoms with Crippen LogP contribution in [0.5, 0.6) is 23.0 Å². The summed E-state index contributed by atoms with van der Waals surface area (Å²) in [5.41, 5.74) is 0.763. The third-order valence-electron chi connectivity index (χ3n) is 7.76. The summed E-state index contributed by atoms with van der Waals surface area (Å²) in [6.07, 6.45) is 2.47. The predicted molar refractivity (Wildman–Crippen MR) is 196 cm³/mol. The van der Waals surface area contributed by atoms with E-state index in [1.807, 2.05) is 13.8 Å². The van der Waals surface area contributed by atoms with E-state index in [0.29, 0.717) is 46.7 Å². The minimum atomic E-state index is -4.78. The molecule has 0 spiro atoms. The van der Waals surface area contributed by atoms with E-state index in [0.717, 1.165) is 12.1 Å². The summed E-state index contributed by atoms with van der Waals surface area (Å²) in [4.78, 5) is 24.6. The van der Waals surface area contributed by atoms with Crippen LogP contribution in [0.1, 0.15) is 27.7 Å². The van der Waals surface area contributed by atoms with Gasteiger partial charge in [0, 0.05) is 12.1 Å². The molecule has 2 heterocycles. The molecule has 14 nitrogen and oxygen atoms in total. The van der Waals surface area contributed by atoms with Crippen LogP contribution in [0, 0.1) is 0 Å². The number of benzene rings is 4. The van der Waals surface area contributed by atoms with Gasteiger partial charge in [0.05, 0.1) is 58.1 Å². The second-order valence-corrected chi connectivity index (χ2v) is 13.9. The van der Waals surface area contributed by atoms with Gasteiger partial charge < -0.3 is 36.9 Å². The molecule has 4 aromatic carbocycles. The molecule has 291 valence electrons. The zero-order valence-corrected chi connectivity index (χ0v) is 32.5. The van der Waals surface area contributed by atoms with Crippen molar-refractivity contribution in [1.29, 1.82) is 0 Å². The van der Waals surface area contributed by atoms with Gasteiger partial charge in [-0.3, -0.25) is 9.59 Å². The second kappa shape index (κ2) is 18.0. The van der Waals surface area contributed by atoms with Crippen molar-refractivity contribution in [3.8, 4) is 45.3 Å². The molecule has 0 aliphatic rings. The topological polar surface area (TPSA) is 212 Å². The van der Waals surface area contributed by atoms with E-state index in [9.17, 15) is 35.5 Å². The molecule has 17 heteroatoms. The van der Waals surface area contributed by atoms with Crippen LogP contribution in [0.4, 0.5) is 0 Å². The quantitative estimate of drug-likeness (QED) is 0.124. The molecule has 55 heavy (non-hydrogen) atoms. The van der Waals surface area contributed by atoms with Gasteiger partial charge in [-0.15, -0.1) is 0 Å². The largest absolute Gasteiger partial charge is 2.00 e. The van der Waals surface area contributed by atoms with Crippen molar-refractivity contribution >= 4 is 42.2 Å². The van der Waals surface area contributed by atoms with Crippen LogP contribution in [0.2, 0.25) is 0 Å². The summed E-state index contributed by atoms with van der Waals surface area (Å²) < 4.78 is 102. The summed E-state index contributed by atoms with van der Waals surface area (Å²) in [6, 6.07) is 17.6. The van der Waals surface area contributed by atoms with E-state index in [1.165, 1.54) is 36.8 Å². The summed E-state index contributed by atoms with van der Waals surface area (Å²) in [7, 11) is -9.56. The third-order valence-corrected chi connectivity index (χ3v) is 9.48. The van der Waals surface area contributed by atoms with Crippen LogP contribution in [-0.4, -0.2) is 52.4 Å². The Kier molecular flexibility index (Phi) is 13.9. The molecule has 6 aromatic rings. The maximum atomic E-state index is 12.8. The van der Waals surface area contributed by atoms with Crippen LogP contribution in [0.25, 0.3) is 44.2 Å². The van der Waals surface area contributed by atoms with Gasteiger partial charge in [-0.1, -0.05) is 12.1 Å². The maximum absolute atomic E-state index is 12.8.